The molecule has 2 N–H and O–H groups in total. The van der Waals surface area contributed by atoms with Crippen molar-refractivity contribution in [2.24, 2.45) is 0 Å². The van der Waals surface area contributed by atoms with Gasteiger partial charge in [0.15, 0.2) is 0 Å². The molecule has 1 fully saturated rings. The van der Waals surface area contributed by atoms with Gasteiger partial charge in [-0.15, -0.1) is 0 Å². The third-order valence-electron chi connectivity index (χ3n) is 4.70. The Morgan fingerprint density at radius 2 is 1.67 bits per heavy atom. The van der Waals surface area contributed by atoms with Gasteiger partial charge in [-0.05, 0) is 49.2 Å². The highest BCUT2D eigenvalue weighted by atomic mass is 32.2. The first-order valence-corrected chi connectivity index (χ1v) is 11.2. The van der Waals surface area contributed by atoms with E-state index in [1.807, 2.05) is 42.5 Å². The summed E-state index contributed by atoms with van der Waals surface area (Å²) in [4.78, 5) is 13.0. The summed E-state index contributed by atoms with van der Waals surface area (Å²) in [6.07, 6.45) is 1.72. The Bertz CT molecular complexity index is 1140. The van der Waals surface area contributed by atoms with Crippen LogP contribution in [0.2, 0.25) is 0 Å². The van der Waals surface area contributed by atoms with Crippen LogP contribution in [0.4, 0.5) is 5.69 Å². The number of carbonyl (C=O) groups excluding carboxylic acids is 1. The Morgan fingerprint density at radius 3 is 2.43 bits per heavy atom. The molecule has 30 heavy (non-hydrogen) atoms. The van der Waals surface area contributed by atoms with Crippen LogP contribution in [-0.4, -0.2) is 20.4 Å². The van der Waals surface area contributed by atoms with Crippen LogP contribution in [0.25, 0.3) is 0 Å². The molecule has 7 heteroatoms. The molecule has 0 unspecified atom stereocenters. The summed E-state index contributed by atoms with van der Waals surface area (Å²) in [6, 6.07) is 22.8. The highest BCUT2D eigenvalue weighted by Crippen LogP contribution is 2.24. The molecule has 1 amide bonds. The molecule has 0 heterocycles. The Balaban J connectivity index is 1.48. The van der Waals surface area contributed by atoms with Crippen molar-refractivity contribution in [2.75, 3.05) is 5.32 Å². The van der Waals surface area contributed by atoms with Gasteiger partial charge in [-0.3, -0.25) is 4.79 Å². The molecule has 1 aliphatic rings. The fraction of sp³-hybridized carbons (Fsp3) is 0.174. The van der Waals surface area contributed by atoms with E-state index in [0.29, 0.717) is 17.0 Å². The SMILES string of the molecule is O=C(Nc1cccc(S(=O)(=O)NC2CC2)c1)c1ccccc1COc1ccccc1. The number of para-hydroxylation sites is 1. The highest BCUT2D eigenvalue weighted by molar-refractivity contribution is 7.89. The van der Waals surface area contributed by atoms with Crippen molar-refractivity contribution < 1.29 is 17.9 Å². The predicted molar refractivity (Wildman–Crippen MR) is 115 cm³/mol. The summed E-state index contributed by atoms with van der Waals surface area (Å²) in [7, 11) is -3.59. The molecule has 3 aromatic carbocycles. The second-order valence-corrected chi connectivity index (χ2v) is 8.85. The van der Waals surface area contributed by atoms with Gasteiger partial charge in [-0.1, -0.05) is 42.5 Å². The third kappa shape index (κ3) is 5.06. The van der Waals surface area contributed by atoms with Crippen LogP contribution in [0.5, 0.6) is 5.75 Å². The van der Waals surface area contributed by atoms with Gasteiger partial charge in [0.1, 0.15) is 12.4 Å². The summed E-state index contributed by atoms with van der Waals surface area (Å²) < 4.78 is 33.3. The zero-order chi connectivity index (χ0) is 21.0. The van der Waals surface area contributed by atoms with Crippen LogP contribution in [-0.2, 0) is 16.6 Å². The topological polar surface area (TPSA) is 84.5 Å². The Morgan fingerprint density at radius 1 is 0.933 bits per heavy atom. The summed E-state index contributed by atoms with van der Waals surface area (Å²) in [6.45, 7) is 0.243. The molecule has 4 rings (SSSR count). The zero-order valence-corrected chi connectivity index (χ0v) is 17.1. The maximum absolute atomic E-state index is 12.9. The number of benzene rings is 3. The van der Waals surface area contributed by atoms with E-state index in [1.54, 1.807) is 24.3 Å². The first kappa shape index (κ1) is 20.1. The minimum absolute atomic E-state index is 0.0183. The van der Waals surface area contributed by atoms with E-state index in [1.165, 1.54) is 12.1 Å². The van der Waals surface area contributed by atoms with Crippen LogP contribution in [0, 0.1) is 0 Å². The van der Waals surface area contributed by atoms with Crippen molar-refractivity contribution >= 4 is 21.6 Å². The van der Waals surface area contributed by atoms with Crippen molar-refractivity contribution in [2.45, 2.75) is 30.4 Å². The van der Waals surface area contributed by atoms with Gasteiger partial charge in [0.05, 0.1) is 4.90 Å². The molecule has 0 atom stereocenters. The molecule has 154 valence electrons. The van der Waals surface area contributed by atoms with Crippen LogP contribution in [0.3, 0.4) is 0 Å². The molecule has 0 bridgehead atoms. The standard InChI is InChI=1S/C23H22N2O4S/c26-23(22-12-5-4-7-17(22)16-29-20-9-2-1-3-10-20)24-19-8-6-11-21(15-19)30(27,28)25-18-13-14-18/h1-12,15,18,25H,13-14,16H2,(H,24,26). The van der Waals surface area contributed by atoms with Gasteiger partial charge in [-0.2, -0.15) is 0 Å². The van der Waals surface area contributed by atoms with Crippen molar-refractivity contribution in [1.29, 1.82) is 0 Å². The van der Waals surface area contributed by atoms with E-state index >= 15 is 0 Å². The second kappa shape index (κ2) is 8.69. The summed E-state index contributed by atoms with van der Waals surface area (Å²) in [5.41, 5.74) is 1.62. The number of sulfonamides is 1. The largest absolute Gasteiger partial charge is 0.489 e. The van der Waals surface area contributed by atoms with Gasteiger partial charge < -0.3 is 10.1 Å². The quantitative estimate of drug-likeness (QED) is 0.576. The molecule has 0 aromatic heterocycles. The average molecular weight is 423 g/mol. The second-order valence-electron chi connectivity index (χ2n) is 7.14. The van der Waals surface area contributed by atoms with Crippen molar-refractivity contribution in [3.05, 3.63) is 90.0 Å². The van der Waals surface area contributed by atoms with Gasteiger partial charge in [-0.25, -0.2) is 13.1 Å². The zero-order valence-electron chi connectivity index (χ0n) is 16.2. The Labute approximate surface area is 176 Å². The van der Waals surface area contributed by atoms with E-state index in [4.69, 9.17) is 4.74 Å². The summed E-state index contributed by atoms with van der Waals surface area (Å²) in [5, 5.41) is 2.79. The maximum Gasteiger partial charge on any atom is 0.256 e. The van der Waals surface area contributed by atoms with Gasteiger partial charge in [0, 0.05) is 22.9 Å². The minimum Gasteiger partial charge on any atom is -0.489 e. The van der Waals surface area contributed by atoms with E-state index in [0.717, 1.165) is 18.4 Å². The molecule has 3 aromatic rings. The monoisotopic (exact) mass is 422 g/mol. The molecular formula is C23H22N2O4S. The fourth-order valence-corrected chi connectivity index (χ4v) is 4.32. The first-order chi connectivity index (χ1) is 14.5. The smallest absolute Gasteiger partial charge is 0.256 e. The van der Waals surface area contributed by atoms with Crippen molar-refractivity contribution in [3.63, 3.8) is 0 Å². The highest BCUT2D eigenvalue weighted by Gasteiger charge is 2.28. The number of hydrogen-bond acceptors (Lipinski definition) is 4. The molecule has 0 aliphatic heterocycles. The lowest BCUT2D eigenvalue weighted by Crippen LogP contribution is -2.25. The lowest BCUT2D eigenvalue weighted by atomic mass is 10.1. The van der Waals surface area contributed by atoms with E-state index in [2.05, 4.69) is 10.0 Å². The molecular weight excluding hydrogens is 400 g/mol. The van der Waals surface area contributed by atoms with E-state index in [9.17, 15) is 13.2 Å². The van der Waals surface area contributed by atoms with Gasteiger partial charge >= 0.3 is 0 Å². The third-order valence-corrected chi connectivity index (χ3v) is 6.22. The van der Waals surface area contributed by atoms with E-state index in [-0.39, 0.29) is 23.5 Å². The number of carbonyl (C=O) groups is 1. The number of ether oxygens (including phenoxy) is 1. The predicted octanol–water partition coefficient (Wildman–Crippen LogP) is 3.96. The molecule has 0 radical (unpaired) electrons. The molecule has 0 saturated heterocycles. The minimum atomic E-state index is -3.59. The van der Waals surface area contributed by atoms with Crippen LogP contribution < -0.4 is 14.8 Å². The lowest BCUT2D eigenvalue weighted by Gasteiger charge is -2.12. The summed E-state index contributed by atoms with van der Waals surface area (Å²) in [5.74, 6) is 0.390. The molecule has 0 spiro atoms. The fourth-order valence-electron chi connectivity index (χ4n) is 2.97. The van der Waals surface area contributed by atoms with Crippen LogP contribution in [0.15, 0.2) is 83.8 Å². The Kier molecular flexibility index (Phi) is 5.83. The Hall–Kier alpha value is -3.16. The number of nitrogens with one attached hydrogen (secondary N) is 2. The number of anilines is 1. The van der Waals surface area contributed by atoms with E-state index < -0.39 is 10.0 Å². The van der Waals surface area contributed by atoms with Crippen LogP contribution >= 0.6 is 0 Å². The normalized spacial score (nSPS) is 13.6. The van der Waals surface area contributed by atoms with Crippen LogP contribution in [0.1, 0.15) is 28.8 Å². The van der Waals surface area contributed by atoms with Crippen molar-refractivity contribution in [1.82, 2.24) is 4.72 Å². The van der Waals surface area contributed by atoms with Crippen molar-refractivity contribution in [3.8, 4) is 5.75 Å². The van der Waals surface area contributed by atoms with Gasteiger partial charge in [0.25, 0.3) is 5.91 Å². The molecule has 1 aliphatic carbocycles. The number of rotatable bonds is 8. The number of amides is 1. The number of hydrogen-bond donors (Lipinski definition) is 2. The molecule has 6 nitrogen and oxygen atoms in total. The summed E-state index contributed by atoms with van der Waals surface area (Å²) >= 11 is 0. The molecule has 1 saturated carbocycles. The maximum atomic E-state index is 12.9. The first-order valence-electron chi connectivity index (χ1n) is 9.71. The lowest BCUT2D eigenvalue weighted by molar-refractivity contribution is 0.102. The van der Waals surface area contributed by atoms with Gasteiger partial charge in [0.2, 0.25) is 10.0 Å². The average Bonchev–Trinajstić information content (AvgIpc) is 3.57.